The molecule has 78 valence electrons. The highest BCUT2D eigenvalue weighted by Gasteiger charge is 2.22. The lowest BCUT2D eigenvalue weighted by Crippen LogP contribution is -2.31. The fraction of sp³-hybridized carbons (Fsp3) is 0.333. The molecule has 0 aromatic carbocycles. The van der Waals surface area contributed by atoms with E-state index in [0.29, 0.717) is 19.4 Å². The maximum atomic E-state index is 11.2. The zero-order valence-electron chi connectivity index (χ0n) is 8.01. The van der Waals surface area contributed by atoms with Gasteiger partial charge in [-0.1, -0.05) is 0 Å². The van der Waals surface area contributed by atoms with Crippen LogP contribution in [0.1, 0.15) is 12.2 Å². The van der Waals surface area contributed by atoms with Crippen LogP contribution < -0.4 is 0 Å². The van der Waals surface area contributed by atoms with Crippen molar-refractivity contribution in [3.8, 4) is 0 Å². The van der Waals surface area contributed by atoms with Crippen molar-refractivity contribution in [2.24, 2.45) is 0 Å². The van der Waals surface area contributed by atoms with Crippen molar-refractivity contribution < 1.29 is 9.59 Å². The molecule has 1 aromatic rings. The van der Waals surface area contributed by atoms with Crippen molar-refractivity contribution in [2.75, 3.05) is 6.54 Å². The van der Waals surface area contributed by atoms with Crippen LogP contribution in [0, 0.1) is 0 Å². The number of aromatic nitrogens is 3. The van der Waals surface area contributed by atoms with Gasteiger partial charge in [0.2, 0.25) is 0 Å². The summed E-state index contributed by atoms with van der Waals surface area (Å²) in [5.41, 5.74) is 0. The minimum absolute atomic E-state index is 0.238. The van der Waals surface area contributed by atoms with Crippen molar-refractivity contribution in [1.29, 1.82) is 0 Å². The summed E-state index contributed by atoms with van der Waals surface area (Å²) in [6, 6.07) is 0. The van der Waals surface area contributed by atoms with E-state index >= 15 is 0 Å². The second-order valence-electron chi connectivity index (χ2n) is 3.20. The molecule has 2 rings (SSSR count). The van der Waals surface area contributed by atoms with E-state index in [9.17, 15) is 9.59 Å². The molecule has 1 aromatic heterocycles. The number of aromatic amines is 1. The third-order valence-electron chi connectivity index (χ3n) is 2.16. The minimum atomic E-state index is -0.238. The molecule has 1 N–H and O–H groups in total. The topological polar surface area (TPSA) is 79.0 Å². The van der Waals surface area contributed by atoms with E-state index in [2.05, 4.69) is 15.2 Å². The average Bonchev–Trinajstić information content (AvgIpc) is 2.82. The molecule has 0 saturated heterocycles. The number of amides is 2. The summed E-state index contributed by atoms with van der Waals surface area (Å²) < 4.78 is 0. The first-order valence-electron chi connectivity index (χ1n) is 4.65. The van der Waals surface area contributed by atoms with Crippen LogP contribution in [0.2, 0.25) is 0 Å². The molecule has 0 fully saturated rings. The second kappa shape index (κ2) is 4.04. The largest absolute Gasteiger partial charge is 0.275 e. The van der Waals surface area contributed by atoms with E-state index in [1.165, 1.54) is 23.4 Å². The Bertz CT molecular complexity index is 378. The van der Waals surface area contributed by atoms with Gasteiger partial charge < -0.3 is 0 Å². The Labute approximate surface area is 86.0 Å². The highest BCUT2D eigenvalue weighted by Crippen LogP contribution is 2.05. The smallest absolute Gasteiger partial charge is 0.253 e. The minimum Gasteiger partial charge on any atom is -0.275 e. The number of hydrogen-bond donors (Lipinski definition) is 1. The van der Waals surface area contributed by atoms with E-state index in [1.54, 1.807) is 0 Å². The van der Waals surface area contributed by atoms with Crippen LogP contribution in [0.4, 0.5) is 0 Å². The molecular weight excluding hydrogens is 196 g/mol. The Morgan fingerprint density at radius 3 is 2.60 bits per heavy atom. The van der Waals surface area contributed by atoms with Crippen molar-refractivity contribution in [2.45, 2.75) is 12.8 Å². The number of carbonyl (C=O) groups excluding carboxylic acids is 2. The second-order valence-corrected chi connectivity index (χ2v) is 3.20. The van der Waals surface area contributed by atoms with E-state index in [4.69, 9.17) is 0 Å². The Morgan fingerprint density at radius 1 is 1.27 bits per heavy atom. The highest BCUT2D eigenvalue weighted by atomic mass is 16.2. The van der Waals surface area contributed by atoms with Gasteiger partial charge in [-0.25, -0.2) is 4.98 Å². The van der Waals surface area contributed by atoms with Crippen molar-refractivity contribution in [3.05, 3.63) is 24.3 Å². The van der Waals surface area contributed by atoms with Gasteiger partial charge in [0.15, 0.2) is 0 Å². The van der Waals surface area contributed by atoms with Gasteiger partial charge >= 0.3 is 0 Å². The molecule has 0 saturated carbocycles. The Kier molecular flexibility index (Phi) is 2.57. The van der Waals surface area contributed by atoms with Gasteiger partial charge in [-0.3, -0.25) is 19.6 Å². The van der Waals surface area contributed by atoms with Gasteiger partial charge in [-0.2, -0.15) is 5.10 Å². The summed E-state index contributed by atoms with van der Waals surface area (Å²) in [5, 5.41) is 6.43. The molecule has 6 nitrogen and oxygen atoms in total. The standard InChI is InChI=1S/C9H10N4O2/c14-8-3-4-9(15)13(8)5-1-2-7-10-6-11-12-7/h3-4,6H,1-2,5H2,(H,10,11,12). The van der Waals surface area contributed by atoms with Crippen LogP contribution in [0.15, 0.2) is 18.5 Å². The van der Waals surface area contributed by atoms with Crippen LogP contribution in [0.5, 0.6) is 0 Å². The monoisotopic (exact) mass is 206 g/mol. The molecule has 1 aliphatic rings. The number of nitrogens with one attached hydrogen (secondary N) is 1. The first kappa shape index (κ1) is 9.57. The Hall–Kier alpha value is -1.98. The van der Waals surface area contributed by atoms with Crippen LogP contribution in [-0.4, -0.2) is 38.4 Å². The number of carbonyl (C=O) groups is 2. The van der Waals surface area contributed by atoms with Gasteiger partial charge in [0.25, 0.3) is 11.8 Å². The van der Waals surface area contributed by atoms with Crippen molar-refractivity contribution >= 4 is 11.8 Å². The predicted octanol–water partition coefficient (Wildman–Crippen LogP) is -0.338. The molecule has 0 bridgehead atoms. The molecule has 0 unspecified atom stereocenters. The molecule has 6 heteroatoms. The quantitative estimate of drug-likeness (QED) is 0.684. The molecular formula is C9H10N4O2. The molecule has 0 spiro atoms. The van der Waals surface area contributed by atoms with E-state index in [-0.39, 0.29) is 11.8 Å². The van der Waals surface area contributed by atoms with Gasteiger partial charge in [0.1, 0.15) is 12.2 Å². The molecule has 1 aliphatic heterocycles. The van der Waals surface area contributed by atoms with Crippen molar-refractivity contribution in [3.63, 3.8) is 0 Å². The normalized spacial score (nSPS) is 15.3. The fourth-order valence-electron chi connectivity index (χ4n) is 1.41. The lowest BCUT2D eigenvalue weighted by Gasteiger charge is -2.12. The summed E-state index contributed by atoms with van der Waals surface area (Å²) >= 11 is 0. The molecule has 0 radical (unpaired) electrons. The fourth-order valence-corrected chi connectivity index (χ4v) is 1.41. The third kappa shape index (κ3) is 2.09. The van der Waals surface area contributed by atoms with E-state index in [0.717, 1.165) is 5.82 Å². The van der Waals surface area contributed by atoms with Gasteiger partial charge in [-0.15, -0.1) is 0 Å². The van der Waals surface area contributed by atoms with Crippen LogP contribution in [0.25, 0.3) is 0 Å². The summed E-state index contributed by atoms with van der Waals surface area (Å²) in [5.74, 6) is 0.289. The Morgan fingerprint density at radius 2 is 2.00 bits per heavy atom. The Balaban J connectivity index is 1.79. The molecule has 2 heterocycles. The first-order valence-corrected chi connectivity index (χ1v) is 4.65. The SMILES string of the molecule is O=C1C=CC(=O)N1CCCc1ncn[nH]1. The van der Waals surface area contributed by atoms with Crippen LogP contribution in [-0.2, 0) is 16.0 Å². The number of nitrogens with zero attached hydrogens (tertiary/aromatic N) is 3. The van der Waals surface area contributed by atoms with Gasteiger partial charge in [-0.05, 0) is 6.42 Å². The lowest BCUT2D eigenvalue weighted by atomic mass is 10.3. The zero-order chi connectivity index (χ0) is 10.7. The first-order chi connectivity index (χ1) is 7.27. The van der Waals surface area contributed by atoms with E-state index < -0.39 is 0 Å². The predicted molar refractivity (Wildman–Crippen MR) is 50.6 cm³/mol. The maximum absolute atomic E-state index is 11.2. The summed E-state index contributed by atoms with van der Waals surface area (Å²) in [6.45, 7) is 0.422. The number of rotatable bonds is 4. The van der Waals surface area contributed by atoms with Crippen LogP contribution >= 0.6 is 0 Å². The molecule has 0 atom stereocenters. The number of imide groups is 1. The highest BCUT2D eigenvalue weighted by molar-refractivity contribution is 6.12. The maximum Gasteiger partial charge on any atom is 0.253 e. The number of H-pyrrole nitrogens is 1. The molecule has 2 amide bonds. The summed E-state index contributed by atoms with van der Waals surface area (Å²) in [7, 11) is 0. The number of hydrogen-bond acceptors (Lipinski definition) is 4. The van der Waals surface area contributed by atoms with E-state index in [1.807, 2.05) is 0 Å². The van der Waals surface area contributed by atoms with Crippen molar-refractivity contribution in [1.82, 2.24) is 20.1 Å². The van der Waals surface area contributed by atoms with Crippen LogP contribution in [0.3, 0.4) is 0 Å². The average molecular weight is 206 g/mol. The molecule has 15 heavy (non-hydrogen) atoms. The zero-order valence-corrected chi connectivity index (χ0v) is 8.01. The third-order valence-corrected chi connectivity index (χ3v) is 2.16. The van der Waals surface area contributed by atoms with Gasteiger partial charge in [0.05, 0.1) is 0 Å². The van der Waals surface area contributed by atoms with Gasteiger partial charge in [0, 0.05) is 25.1 Å². The number of aryl methyl sites for hydroxylation is 1. The lowest BCUT2D eigenvalue weighted by molar-refractivity contribution is -0.136. The summed E-state index contributed by atoms with van der Waals surface area (Å²) in [6.07, 6.45) is 5.38. The molecule has 0 aliphatic carbocycles. The summed E-state index contributed by atoms with van der Waals surface area (Å²) in [4.78, 5) is 27.5.